The summed E-state index contributed by atoms with van der Waals surface area (Å²) in [5.74, 6) is -2.12. The van der Waals surface area contributed by atoms with Gasteiger partial charge >= 0.3 is 24.1 Å². The molecular formula is C52H68N4O16. The van der Waals surface area contributed by atoms with Crippen molar-refractivity contribution in [1.29, 1.82) is 0 Å². The van der Waals surface area contributed by atoms with Crippen LogP contribution in [0.1, 0.15) is 101 Å². The Balaban J connectivity index is 0.000000212. The smallest absolute Gasteiger partial charge is 0.416 e. The van der Waals surface area contributed by atoms with Gasteiger partial charge in [-0.25, -0.2) is 29.0 Å². The number of hydrogen-bond acceptors (Lipinski definition) is 15. The molecule has 6 aliphatic heterocycles. The Hall–Kier alpha value is -5.90. The van der Waals surface area contributed by atoms with Crippen molar-refractivity contribution in [2.75, 3.05) is 69.1 Å². The molecule has 0 radical (unpaired) electrons. The number of fused-ring (bicyclic) bond motifs is 4. The summed E-state index contributed by atoms with van der Waals surface area (Å²) in [6, 6.07) is 5.71. The van der Waals surface area contributed by atoms with Crippen LogP contribution in [0.25, 0.3) is 0 Å². The molecule has 4 unspecified atom stereocenters. The van der Waals surface area contributed by atoms with Crippen molar-refractivity contribution in [3.8, 4) is 0 Å². The van der Waals surface area contributed by atoms with Gasteiger partial charge in [0.15, 0.2) is 25.0 Å². The summed E-state index contributed by atoms with van der Waals surface area (Å²) < 4.78 is 52.2. The Morgan fingerprint density at radius 2 is 1.07 bits per heavy atom. The van der Waals surface area contributed by atoms with Gasteiger partial charge < -0.3 is 57.5 Å². The fourth-order valence-corrected chi connectivity index (χ4v) is 9.91. The number of ether oxygens (including phenoxy) is 9. The molecule has 0 spiro atoms. The van der Waals surface area contributed by atoms with E-state index in [9.17, 15) is 33.9 Å². The summed E-state index contributed by atoms with van der Waals surface area (Å²) in [6.07, 6.45) is 3.03. The molecule has 392 valence electrons. The van der Waals surface area contributed by atoms with Crippen molar-refractivity contribution in [2.45, 2.75) is 135 Å². The van der Waals surface area contributed by atoms with Crippen LogP contribution >= 0.6 is 0 Å². The first-order valence-corrected chi connectivity index (χ1v) is 24.8. The quantitative estimate of drug-likeness (QED) is 0.115. The van der Waals surface area contributed by atoms with Crippen LogP contribution in [-0.4, -0.2) is 160 Å². The highest BCUT2D eigenvalue weighted by atomic mass is 16.7. The van der Waals surface area contributed by atoms with Gasteiger partial charge in [0.25, 0.3) is 11.8 Å². The number of benzene rings is 2. The van der Waals surface area contributed by atoms with Crippen LogP contribution < -0.4 is 9.80 Å². The van der Waals surface area contributed by atoms with E-state index in [1.807, 2.05) is 33.8 Å². The van der Waals surface area contributed by atoms with Gasteiger partial charge in [0.2, 0.25) is 0 Å². The molecule has 20 nitrogen and oxygen atoms in total. The van der Waals surface area contributed by atoms with Crippen LogP contribution in [0.2, 0.25) is 0 Å². The van der Waals surface area contributed by atoms with Gasteiger partial charge in [-0.3, -0.25) is 9.59 Å². The summed E-state index contributed by atoms with van der Waals surface area (Å²) >= 11 is 0. The van der Waals surface area contributed by atoms with Crippen molar-refractivity contribution >= 4 is 47.3 Å². The molecule has 8 rings (SSSR count). The van der Waals surface area contributed by atoms with Gasteiger partial charge in [-0.05, 0) is 133 Å². The van der Waals surface area contributed by atoms with E-state index in [-0.39, 0.29) is 38.2 Å². The zero-order valence-electron chi connectivity index (χ0n) is 41.9. The number of nitrogens with zero attached hydrogens (tertiary/aromatic N) is 4. The van der Waals surface area contributed by atoms with Gasteiger partial charge in [0.05, 0.1) is 41.3 Å². The molecule has 4 amide bonds. The number of carbonyl (C=O) groups excluding carboxylic acids is 5. The van der Waals surface area contributed by atoms with Crippen LogP contribution in [-0.2, 0) is 52.2 Å². The third kappa shape index (κ3) is 12.1. The minimum atomic E-state index is -1.12. The molecule has 0 aromatic heterocycles. The lowest BCUT2D eigenvalue weighted by Crippen LogP contribution is -2.57. The first-order chi connectivity index (χ1) is 34.7. The van der Waals surface area contributed by atoms with E-state index in [2.05, 4.69) is 13.2 Å². The Morgan fingerprint density at radius 3 is 1.46 bits per heavy atom. The van der Waals surface area contributed by atoms with Crippen molar-refractivity contribution in [1.82, 2.24) is 9.80 Å². The standard InChI is InChI=1S/C27H36N2O8.C25H32N2O8/c1-5-12-35-27(32)29-20-15-18(4)17(3)14-19(20)25(31)28-11-10-21(36-16-22(30)33-6-2)24(28)26(29)37-23-9-7-8-13-34-23;1-4-10-33-25(31)27-18-13-16(3)15(2)12-17(18)23(30)26-9-8-19(34-14-20(28)29)22(26)24(27)35-21-7-5-6-11-32-21/h5,14-15,21,23-24,26H,1,6-13,16H2,2-4H3;4,12-13,19,21-22,24H,1,5-11,14H2,2-3H3,(H,28,29)/t21-,23?,24-,26?;19-,21?,22-,24?/m00/s1. The number of rotatable bonds is 15. The number of aliphatic carboxylic acids is 1. The minimum absolute atomic E-state index is 0.00667. The molecule has 20 heteroatoms. The minimum Gasteiger partial charge on any atom is -0.480 e. The summed E-state index contributed by atoms with van der Waals surface area (Å²) in [5, 5.41) is 9.19. The maximum Gasteiger partial charge on any atom is 0.416 e. The average molecular weight is 1010 g/mol. The van der Waals surface area contributed by atoms with Gasteiger partial charge in [-0.15, -0.1) is 0 Å². The summed E-state index contributed by atoms with van der Waals surface area (Å²) in [5.41, 5.74) is 5.15. The van der Waals surface area contributed by atoms with Crippen molar-refractivity contribution < 1.29 is 76.5 Å². The van der Waals surface area contributed by atoms with E-state index >= 15 is 0 Å². The largest absolute Gasteiger partial charge is 0.480 e. The molecule has 6 aliphatic rings. The molecule has 0 bridgehead atoms. The van der Waals surface area contributed by atoms with Gasteiger partial charge in [0, 0.05) is 26.3 Å². The third-order valence-electron chi connectivity index (χ3n) is 13.7. The van der Waals surface area contributed by atoms with Crippen molar-refractivity contribution in [2.24, 2.45) is 0 Å². The van der Waals surface area contributed by atoms with Crippen LogP contribution in [0.4, 0.5) is 21.0 Å². The predicted molar refractivity (Wildman–Crippen MR) is 259 cm³/mol. The molecule has 72 heavy (non-hydrogen) atoms. The van der Waals surface area contributed by atoms with Crippen LogP contribution in [0, 0.1) is 27.7 Å². The monoisotopic (exact) mass is 1000 g/mol. The van der Waals surface area contributed by atoms with Gasteiger partial charge in [-0.1, -0.05) is 25.3 Å². The zero-order valence-corrected chi connectivity index (χ0v) is 41.9. The lowest BCUT2D eigenvalue weighted by atomic mass is 10.0. The highest BCUT2D eigenvalue weighted by Crippen LogP contribution is 2.42. The van der Waals surface area contributed by atoms with Crippen LogP contribution in [0.3, 0.4) is 0 Å². The zero-order chi connectivity index (χ0) is 51.6. The number of carbonyl (C=O) groups is 6. The predicted octanol–water partition coefficient (Wildman–Crippen LogP) is 6.48. The van der Waals surface area contributed by atoms with Crippen molar-refractivity contribution in [3.63, 3.8) is 0 Å². The molecular weight excluding hydrogens is 937 g/mol. The van der Waals surface area contributed by atoms with E-state index in [4.69, 9.17) is 42.6 Å². The van der Waals surface area contributed by atoms with E-state index in [0.29, 0.717) is 74.5 Å². The number of amides is 4. The van der Waals surface area contributed by atoms with E-state index < -0.39 is 80.1 Å². The summed E-state index contributed by atoms with van der Waals surface area (Å²) in [7, 11) is 0. The summed E-state index contributed by atoms with van der Waals surface area (Å²) in [4.78, 5) is 84.0. The van der Waals surface area contributed by atoms with Gasteiger partial charge in [-0.2, -0.15) is 0 Å². The molecule has 4 fully saturated rings. The number of aryl methyl sites for hydroxylation is 4. The number of hydrogen-bond donors (Lipinski definition) is 1. The molecule has 8 atom stereocenters. The summed E-state index contributed by atoms with van der Waals surface area (Å²) in [6.45, 7) is 17.8. The fraction of sp³-hybridized carbons (Fsp3) is 0.577. The topological polar surface area (TPSA) is 219 Å². The lowest BCUT2D eigenvalue weighted by Gasteiger charge is -2.39. The highest BCUT2D eigenvalue weighted by molar-refractivity contribution is 6.06. The number of anilines is 2. The first-order valence-electron chi connectivity index (χ1n) is 24.8. The molecule has 2 aromatic rings. The van der Waals surface area contributed by atoms with Crippen LogP contribution in [0.15, 0.2) is 49.6 Å². The maximum absolute atomic E-state index is 13.9. The second kappa shape index (κ2) is 24.7. The highest BCUT2D eigenvalue weighted by Gasteiger charge is 2.54. The normalized spacial score (nSPS) is 25.6. The van der Waals surface area contributed by atoms with E-state index in [1.165, 1.54) is 22.0 Å². The Bertz CT molecular complexity index is 2330. The molecule has 1 N–H and O–H groups in total. The average Bonchev–Trinajstić information content (AvgIpc) is 3.96. The second-order valence-corrected chi connectivity index (χ2v) is 18.5. The molecule has 0 aliphatic carbocycles. The van der Waals surface area contributed by atoms with Crippen molar-refractivity contribution in [3.05, 3.63) is 83.0 Å². The molecule has 6 heterocycles. The molecule has 4 saturated heterocycles. The van der Waals surface area contributed by atoms with Gasteiger partial charge in [0.1, 0.15) is 38.5 Å². The Labute approximate surface area is 420 Å². The lowest BCUT2D eigenvalue weighted by molar-refractivity contribution is -0.202. The fourth-order valence-electron chi connectivity index (χ4n) is 9.91. The third-order valence-corrected chi connectivity index (χ3v) is 13.7. The van der Waals surface area contributed by atoms with E-state index in [1.54, 1.807) is 34.9 Å². The Kier molecular flexibility index (Phi) is 18.5. The second-order valence-electron chi connectivity index (χ2n) is 18.5. The Morgan fingerprint density at radius 1 is 0.639 bits per heavy atom. The SMILES string of the molecule is C=CCOC(=O)N1c2cc(C)c(C)cc2C(=O)N2CC[C@H](OCC(=O)O)[C@H]2C1OC1CCCCO1.C=CCOC(=O)N1c2cc(C)c(C)cc2C(=O)N2CC[C@H](OCC(=O)OCC)[C@H]2C1OC1CCCCO1. The number of carboxylic acid groups (broad SMARTS) is 1. The number of esters is 1. The molecule has 0 saturated carbocycles. The maximum atomic E-state index is 13.9. The number of carboxylic acids is 1. The first kappa shape index (κ1) is 53.9. The molecule has 2 aromatic carbocycles. The van der Waals surface area contributed by atoms with E-state index in [0.717, 1.165) is 47.9 Å². The van der Waals surface area contributed by atoms with Crippen LogP contribution in [0.5, 0.6) is 0 Å².